The predicted octanol–water partition coefficient (Wildman–Crippen LogP) is 1.36. The molecule has 0 atom stereocenters. The Hall–Kier alpha value is -1.65. The minimum Gasteiger partial charge on any atom is -0.399 e. The Morgan fingerprint density at radius 1 is 1.40 bits per heavy atom. The molecule has 0 unspecified atom stereocenters. The molecule has 1 aromatic rings. The number of hydrogen-bond acceptors (Lipinski definition) is 2. The van der Waals surface area contributed by atoms with Gasteiger partial charge in [-0.3, -0.25) is 4.79 Å². The standard InChI is InChI=1S/C10H10F2N2O/c11-10(12)5-14(6-10)9(15)7-2-1-3-8(13)4-7/h1-4H,5-6,13H2. The molecular formula is C10H10F2N2O. The van der Waals surface area contributed by atoms with Gasteiger partial charge in [-0.1, -0.05) is 6.07 Å². The highest BCUT2D eigenvalue weighted by atomic mass is 19.3. The maximum atomic E-state index is 12.5. The second kappa shape index (κ2) is 3.18. The third-order valence-electron chi connectivity index (χ3n) is 2.27. The number of anilines is 1. The summed E-state index contributed by atoms with van der Waals surface area (Å²) in [5.74, 6) is -3.12. The number of nitrogen functional groups attached to an aromatic ring is 1. The molecule has 0 saturated carbocycles. The number of nitrogens with two attached hydrogens (primary N) is 1. The van der Waals surface area contributed by atoms with Crippen molar-refractivity contribution in [2.75, 3.05) is 18.8 Å². The summed E-state index contributed by atoms with van der Waals surface area (Å²) in [7, 11) is 0. The Morgan fingerprint density at radius 2 is 2.07 bits per heavy atom. The van der Waals surface area contributed by atoms with E-state index in [2.05, 4.69) is 0 Å². The van der Waals surface area contributed by atoms with E-state index in [0.717, 1.165) is 4.90 Å². The van der Waals surface area contributed by atoms with Crippen molar-refractivity contribution in [3.63, 3.8) is 0 Å². The normalized spacial score (nSPS) is 18.4. The van der Waals surface area contributed by atoms with Crippen LogP contribution in [-0.4, -0.2) is 29.8 Å². The molecule has 2 rings (SSSR count). The number of likely N-dealkylation sites (tertiary alicyclic amines) is 1. The first kappa shape index (κ1) is 9.89. The highest BCUT2D eigenvalue weighted by molar-refractivity contribution is 5.95. The lowest BCUT2D eigenvalue weighted by Gasteiger charge is -2.38. The van der Waals surface area contributed by atoms with Crippen molar-refractivity contribution in [2.24, 2.45) is 0 Å². The quantitative estimate of drug-likeness (QED) is 0.714. The maximum Gasteiger partial charge on any atom is 0.282 e. The number of benzene rings is 1. The van der Waals surface area contributed by atoms with E-state index in [4.69, 9.17) is 5.73 Å². The van der Waals surface area contributed by atoms with E-state index in [-0.39, 0.29) is 0 Å². The first-order valence-electron chi connectivity index (χ1n) is 4.51. The number of hydrogen-bond donors (Lipinski definition) is 1. The van der Waals surface area contributed by atoms with Gasteiger partial charge in [-0.05, 0) is 18.2 Å². The fourth-order valence-corrected chi connectivity index (χ4v) is 1.51. The molecule has 1 fully saturated rings. The van der Waals surface area contributed by atoms with Gasteiger partial charge in [-0.25, -0.2) is 8.78 Å². The summed E-state index contributed by atoms with van der Waals surface area (Å²) in [5.41, 5.74) is 6.29. The van der Waals surface area contributed by atoms with E-state index in [1.54, 1.807) is 18.2 Å². The minimum atomic E-state index is -2.73. The van der Waals surface area contributed by atoms with Gasteiger partial charge in [-0.15, -0.1) is 0 Å². The van der Waals surface area contributed by atoms with Gasteiger partial charge in [0.25, 0.3) is 11.8 Å². The van der Waals surface area contributed by atoms with Crippen molar-refractivity contribution in [2.45, 2.75) is 5.92 Å². The maximum absolute atomic E-state index is 12.5. The third-order valence-corrected chi connectivity index (χ3v) is 2.27. The second-order valence-corrected chi connectivity index (χ2v) is 3.64. The van der Waals surface area contributed by atoms with E-state index in [9.17, 15) is 13.6 Å². The van der Waals surface area contributed by atoms with Crippen LogP contribution in [0.1, 0.15) is 10.4 Å². The monoisotopic (exact) mass is 212 g/mol. The lowest BCUT2D eigenvalue weighted by molar-refractivity contribution is -0.113. The van der Waals surface area contributed by atoms with Gasteiger partial charge in [0.15, 0.2) is 0 Å². The van der Waals surface area contributed by atoms with E-state index in [1.807, 2.05) is 0 Å². The van der Waals surface area contributed by atoms with Gasteiger partial charge < -0.3 is 10.6 Å². The number of nitrogens with zero attached hydrogens (tertiary/aromatic N) is 1. The first-order chi connectivity index (χ1) is 6.98. The Labute approximate surface area is 85.5 Å². The lowest BCUT2D eigenvalue weighted by atomic mass is 10.1. The fraction of sp³-hybridized carbons (Fsp3) is 0.300. The van der Waals surface area contributed by atoms with Gasteiger partial charge >= 0.3 is 0 Å². The van der Waals surface area contributed by atoms with Crippen LogP contribution in [0, 0.1) is 0 Å². The summed E-state index contributed by atoms with van der Waals surface area (Å²) < 4.78 is 25.1. The number of halogens is 2. The summed E-state index contributed by atoms with van der Waals surface area (Å²) >= 11 is 0. The minimum absolute atomic E-state index is 0.352. The van der Waals surface area contributed by atoms with E-state index >= 15 is 0 Å². The topological polar surface area (TPSA) is 46.3 Å². The molecule has 0 radical (unpaired) electrons. The molecule has 1 heterocycles. The molecule has 1 amide bonds. The Kier molecular flexibility index (Phi) is 2.10. The smallest absolute Gasteiger partial charge is 0.282 e. The molecule has 80 valence electrons. The second-order valence-electron chi connectivity index (χ2n) is 3.64. The van der Waals surface area contributed by atoms with Crippen molar-refractivity contribution in [1.29, 1.82) is 0 Å². The van der Waals surface area contributed by atoms with Crippen molar-refractivity contribution in [1.82, 2.24) is 4.90 Å². The van der Waals surface area contributed by atoms with Gasteiger partial charge in [0.1, 0.15) is 0 Å². The third kappa shape index (κ3) is 1.91. The van der Waals surface area contributed by atoms with E-state index < -0.39 is 24.9 Å². The summed E-state index contributed by atoms with van der Waals surface area (Å²) in [6, 6.07) is 6.32. The van der Waals surface area contributed by atoms with E-state index in [1.165, 1.54) is 6.07 Å². The molecule has 5 heteroatoms. The van der Waals surface area contributed by atoms with Gasteiger partial charge in [0.2, 0.25) is 0 Å². The molecule has 3 nitrogen and oxygen atoms in total. The number of alkyl halides is 2. The molecule has 0 aliphatic carbocycles. The highest BCUT2D eigenvalue weighted by Crippen LogP contribution is 2.28. The molecular weight excluding hydrogens is 202 g/mol. The summed E-state index contributed by atoms with van der Waals surface area (Å²) in [6.07, 6.45) is 0. The Morgan fingerprint density at radius 3 is 2.60 bits per heavy atom. The summed E-state index contributed by atoms with van der Waals surface area (Å²) in [4.78, 5) is 12.7. The number of carbonyl (C=O) groups is 1. The van der Waals surface area contributed by atoms with Crippen LogP contribution in [0.5, 0.6) is 0 Å². The highest BCUT2D eigenvalue weighted by Gasteiger charge is 2.46. The predicted molar refractivity (Wildman–Crippen MR) is 51.7 cm³/mol. The van der Waals surface area contributed by atoms with Crippen molar-refractivity contribution >= 4 is 11.6 Å². The van der Waals surface area contributed by atoms with Crippen LogP contribution in [0.2, 0.25) is 0 Å². The van der Waals surface area contributed by atoms with Crippen LogP contribution in [0.3, 0.4) is 0 Å². The number of rotatable bonds is 1. The zero-order valence-electron chi connectivity index (χ0n) is 7.91. The number of amides is 1. The van der Waals surface area contributed by atoms with Gasteiger partial charge in [0, 0.05) is 11.3 Å². The van der Waals surface area contributed by atoms with Crippen LogP contribution in [-0.2, 0) is 0 Å². The average Bonchev–Trinajstić information content (AvgIpc) is 2.13. The zero-order chi connectivity index (χ0) is 11.1. The molecule has 15 heavy (non-hydrogen) atoms. The molecule has 1 aliphatic heterocycles. The van der Waals surface area contributed by atoms with Crippen molar-refractivity contribution in [3.8, 4) is 0 Å². The Balaban J connectivity index is 2.10. The van der Waals surface area contributed by atoms with Crippen LogP contribution in [0.25, 0.3) is 0 Å². The van der Waals surface area contributed by atoms with Crippen molar-refractivity contribution < 1.29 is 13.6 Å². The number of carbonyl (C=O) groups excluding carboxylic acids is 1. The zero-order valence-corrected chi connectivity index (χ0v) is 7.91. The van der Waals surface area contributed by atoms with Crippen LogP contribution in [0.4, 0.5) is 14.5 Å². The SMILES string of the molecule is Nc1cccc(C(=O)N2CC(F)(F)C2)c1. The average molecular weight is 212 g/mol. The summed E-state index contributed by atoms with van der Waals surface area (Å²) in [5, 5.41) is 0. The molecule has 2 N–H and O–H groups in total. The molecule has 1 aliphatic rings. The van der Waals surface area contributed by atoms with Crippen molar-refractivity contribution in [3.05, 3.63) is 29.8 Å². The molecule has 1 saturated heterocycles. The van der Waals surface area contributed by atoms with Crippen LogP contribution < -0.4 is 5.73 Å². The largest absolute Gasteiger partial charge is 0.399 e. The fourth-order valence-electron chi connectivity index (χ4n) is 1.51. The molecule has 0 bridgehead atoms. The Bertz CT molecular complexity index is 398. The molecule has 0 aromatic heterocycles. The van der Waals surface area contributed by atoms with Crippen LogP contribution >= 0.6 is 0 Å². The first-order valence-corrected chi connectivity index (χ1v) is 4.51. The van der Waals surface area contributed by atoms with Gasteiger partial charge in [0.05, 0.1) is 13.1 Å². The molecule has 0 spiro atoms. The van der Waals surface area contributed by atoms with Crippen LogP contribution in [0.15, 0.2) is 24.3 Å². The van der Waals surface area contributed by atoms with E-state index in [0.29, 0.717) is 11.3 Å². The summed E-state index contributed by atoms with van der Waals surface area (Å²) in [6.45, 7) is -0.999. The molecule has 1 aromatic carbocycles. The van der Waals surface area contributed by atoms with Gasteiger partial charge in [-0.2, -0.15) is 0 Å². The lowest BCUT2D eigenvalue weighted by Crippen LogP contribution is -2.58.